The molecule has 2 N–H and O–H groups in total. The molecule has 0 bridgehead atoms. The summed E-state index contributed by atoms with van der Waals surface area (Å²) in [5.41, 5.74) is 0.645. The molecule has 0 spiro atoms. The van der Waals surface area contributed by atoms with Crippen LogP contribution in [-0.2, 0) is 0 Å². The van der Waals surface area contributed by atoms with Crippen molar-refractivity contribution in [3.05, 3.63) is 29.3 Å². The molecule has 0 saturated carbocycles. The maximum Gasteiger partial charge on any atom is 0.102 e. The number of benzene rings is 1. The van der Waals surface area contributed by atoms with Crippen LogP contribution in [0.3, 0.4) is 0 Å². The summed E-state index contributed by atoms with van der Waals surface area (Å²) in [4.78, 5) is 0.647. The van der Waals surface area contributed by atoms with Gasteiger partial charge in [0.15, 0.2) is 0 Å². The van der Waals surface area contributed by atoms with Crippen molar-refractivity contribution >= 4 is 11.8 Å². The molecular formula is C11H10N2O2S. The van der Waals surface area contributed by atoms with Gasteiger partial charge < -0.3 is 10.2 Å². The van der Waals surface area contributed by atoms with Crippen LogP contribution in [0.25, 0.3) is 0 Å². The predicted octanol–water partition coefficient (Wildman–Crippen LogP) is 0.875. The Hall–Kier alpha value is -1.53. The largest absolute Gasteiger partial charge is 0.394 e. The average Bonchev–Trinajstić information content (AvgIpc) is 2.34. The zero-order valence-corrected chi connectivity index (χ0v) is 9.24. The van der Waals surface area contributed by atoms with E-state index >= 15 is 0 Å². The number of hydrogen-bond acceptors (Lipinski definition) is 5. The molecule has 0 radical (unpaired) electrons. The van der Waals surface area contributed by atoms with E-state index in [2.05, 4.69) is 0 Å². The first-order valence-corrected chi connectivity index (χ1v) is 5.56. The van der Waals surface area contributed by atoms with Gasteiger partial charge in [-0.2, -0.15) is 10.5 Å². The van der Waals surface area contributed by atoms with Gasteiger partial charge in [-0.3, -0.25) is 0 Å². The van der Waals surface area contributed by atoms with E-state index in [9.17, 15) is 5.11 Å². The number of nitrogens with zero attached hydrogens (tertiary/aromatic N) is 2. The summed E-state index contributed by atoms with van der Waals surface area (Å²) >= 11 is 1.25. The Morgan fingerprint density at radius 3 is 2.62 bits per heavy atom. The third-order valence-electron chi connectivity index (χ3n) is 1.90. The number of aliphatic hydroxyl groups excluding tert-OH is 2. The molecule has 0 aliphatic rings. The smallest absolute Gasteiger partial charge is 0.102 e. The van der Waals surface area contributed by atoms with E-state index in [1.165, 1.54) is 11.8 Å². The van der Waals surface area contributed by atoms with Crippen molar-refractivity contribution in [3.63, 3.8) is 0 Å². The molecule has 0 aromatic heterocycles. The Balaban J connectivity index is 2.89. The maximum absolute atomic E-state index is 9.19. The number of hydrogen-bond donors (Lipinski definition) is 2. The number of thioether (sulfide) groups is 1. The SMILES string of the molecule is N#Cc1cccc(SCC(O)CO)c1C#N. The normalized spacial score (nSPS) is 11.5. The molecule has 0 heterocycles. The molecule has 1 aromatic rings. The van der Waals surface area contributed by atoms with Crippen molar-refractivity contribution in [1.29, 1.82) is 10.5 Å². The van der Waals surface area contributed by atoms with Gasteiger partial charge in [-0.05, 0) is 12.1 Å². The molecule has 5 heteroatoms. The summed E-state index contributed by atoms with van der Waals surface area (Å²) in [5, 5.41) is 35.6. The van der Waals surface area contributed by atoms with Crippen LogP contribution in [0, 0.1) is 22.7 Å². The topological polar surface area (TPSA) is 88.0 Å². The van der Waals surface area contributed by atoms with Gasteiger partial charge in [0.25, 0.3) is 0 Å². The highest BCUT2D eigenvalue weighted by atomic mass is 32.2. The van der Waals surface area contributed by atoms with Crippen LogP contribution < -0.4 is 0 Å². The second kappa shape index (κ2) is 6.14. The van der Waals surface area contributed by atoms with Gasteiger partial charge in [0, 0.05) is 10.6 Å². The highest BCUT2D eigenvalue weighted by Gasteiger charge is 2.10. The monoisotopic (exact) mass is 234 g/mol. The standard InChI is InChI=1S/C11H10N2O2S/c12-4-8-2-1-3-11(10(8)5-13)16-7-9(15)6-14/h1-3,9,14-15H,6-7H2. The lowest BCUT2D eigenvalue weighted by Crippen LogP contribution is -2.14. The van der Waals surface area contributed by atoms with Crippen molar-refractivity contribution in [1.82, 2.24) is 0 Å². The molecule has 1 aromatic carbocycles. The lowest BCUT2D eigenvalue weighted by molar-refractivity contribution is 0.113. The third kappa shape index (κ3) is 2.98. The molecule has 0 saturated heterocycles. The van der Waals surface area contributed by atoms with Gasteiger partial charge in [-0.1, -0.05) is 6.07 Å². The lowest BCUT2D eigenvalue weighted by Gasteiger charge is -2.08. The van der Waals surface area contributed by atoms with Gasteiger partial charge in [0.05, 0.1) is 23.8 Å². The molecule has 82 valence electrons. The van der Waals surface area contributed by atoms with Gasteiger partial charge in [-0.25, -0.2) is 0 Å². The molecule has 0 amide bonds. The summed E-state index contributed by atoms with van der Waals surface area (Å²) in [6.07, 6.45) is -0.817. The second-order valence-electron chi connectivity index (χ2n) is 3.05. The number of nitriles is 2. The Morgan fingerprint density at radius 2 is 2.06 bits per heavy atom. The molecule has 4 nitrogen and oxygen atoms in total. The maximum atomic E-state index is 9.19. The van der Waals surface area contributed by atoms with Crippen LogP contribution in [0.15, 0.2) is 23.1 Å². The molecule has 0 aliphatic carbocycles. The number of aliphatic hydroxyl groups is 2. The van der Waals surface area contributed by atoms with Crippen LogP contribution in [0.5, 0.6) is 0 Å². The quantitative estimate of drug-likeness (QED) is 0.755. The fourth-order valence-electron chi connectivity index (χ4n) is 1.10. The number of rotatable bonds is 4. The summed E-state index contributed by atoms with van der Waals surface area (Å²) in [5.74, 6) is 0.292. The molecule has 1 rings (SSSR count). The molecule has 1 unspecified atom stereocenters. The molecular weight excluding hydrogens is 224 g/mol. The average molecular weight is 234 g/mol. The van der Waals surface area contributed by atoms with Gasteiger partial charge in [-0.15, -0.1) is 11.8 Å². The highest BCUT2D eigenvalue weighted by Crippen LogP contribution is 2.25. The summed E-state index contributed by atoms with van der Waals surface area (Å²) in [7, 11) is 0. The first-order valence-electron chi connectivity index (χ1n) is 4.57. The zero-order valence-electron chi connectivity index (χ0n) is 8.42. The van der Waals surface area contributed by atoms with Crippen LogP contribution in [0.2, 0.25) is 0 Å². The first kappa shape index (κ1) is 12.5. The molecule has 0 fully saturated rings. The van der Waals surface area contributed by atoms with E-state index in [4.69, 9.17) is 15.6 Å². The van der Waals surface area contributed by atoms with E-state index < -0.39 is 6.10 Å². The Morgan fingerprint density at radius 1 is 1.31 bits per heavy atom. The van der Waals surface area contributed by atoms with Crippen molar-refractivity contribution in [3.8, 4) is 12.1 Å². The van der Waals surface area contributed by atoms with Gasteiger partial charge >= 0.3 is 0 Å². The van der Waals surface area contributed by atoms with Gasteiger partial charge in [0.1, 0.15) is 12.1 Å². The lowest BCUT2D eigenvalue weighted by atomic mass is 10.1. The summed E-state index contributed by atoms with van der Waals surface area (Å²) < 4.78 is 0. The summed E-state index contributed by atoms with van der Waals surface area (Å²) in [6, 6.07) is 8.89. The minimum Gasteiger partial charge on any atom is -0.394 e. The fourth-order valence-corrected chi connectivity index (χ4v) is 2.05. The second-order valence-corrected chi connectivity index (χ2v) is 4.11. The third-order valence-corrected chi connectivity index (χ3v) is 3.10. The Kier molecular flexibility index (Phi) is 4.81. The van der Waals surface area contributed by atoms with E-state index in [0.29, 0.717) is 21.8 Å². The van der Waals surface area contributed by atoms with E-state index in [1.807, 2.05) is 12.1 Å². The highest BCUT2D eigenvalue weighted by molar-refractivity contribution is 7.99. The Bertz CT molecular complexity index is 448. The van der Waals surface area contributed by atoms with E-state index in [-0.39, 0.29) is 6.61 Å². The van der Waals surface area contributed by atoms with Gasteiger partial charge in [0.2, 0.25) is 0 Å². The van der Waals surface area contributed by atoms with Crippen LogP contribution >= 0.6 is 11.8 Å². The first-order chi connectivity index (χ1) is 7.72. The van der Waals surface area contributed by atoms with E-state index in [0.717, 1.165) is 0 Å². The van der Waals surface area contributed by atoms with E-state index in [1.54, 1.807) is 18.2 Å². The van der Waals surface area contributed by atoms with Crippen LogP contribution in [0.1, 0.15) is 11.1 Å². The van der Waals surface area contributed by atoms with Crippen molar-refractivity contribution < 1.29 is 10.2 Å². The minimum absolute atomic E-state index is 0.292. The van der Waals surface area contributed by atoms with Crippen molar-refractivity contribution in [2.75, 3.05) is 12.4 Å². The zero-order chi connectivity index (χ0) is 12.0. The molecule has 1 atom stereocenters. The predicted molar refractivity (Wildman–Crippen MR) is 59.7 cm³/mol. The molecule has 16 heavy (non-hydrogen) atoms. The summed E-state index contributed by atoms with van der Waals surface area (Å²) in [6.45, 7) is -0.313. The fraction of sp³-hybridized carbons (Fsp3) is 0.273. The van der Waals surface area contributed by atoms with Crippen LogP contribution in [-0.4, -0.2) is 28.7 Å². The van der Waals surface area contributed by atoms with Crippen molar-refractivity contribution in [2.45, 2.75) is 11.0 Å². The van der Waals surface area contributed by atoms with Crippen molar-refractivity contribution in [2.24, 2.45) is 0 Å². The van der Waals surface area contributed by atoms with Crippen LogP contribution in [0.4, 0.5) is 0 Å². The minimum atomic E-state index is -0.817. The Labute approximate surface area is 97.8 Å². The molecule has 0 aliphatic heterocycles.